The van der Waals surface area contributed by atoms with Crippen LogP contribution in [0.2, 0.25) is 5.02 Å². The molecule has 0 bridgehead atoms. The number of aromatic nitrogens is 1. The van der Waals surface area contributed by atoms with Crippen molar-refractivity contribution in [1.29, 1.82) is 0 Å². The molecule has 3 nitrogen and oxygen atoms in total. The fraction of sp³-hybridized carbons (Fsp3) is 0.375. The summed E-state index contributed by atoms with van der Waals surface area (Å²) in [6.45, 7) is 2.18. The van der Waals surface area contributed by atoms with E-state index in [0.717, 1.165) is 48.6 Å². The Bertz CT molecular complexity index is 936. The molecule has 1 aliphatic rings. The number of halogens is 1. The van der Waals surface area contributed by atoms with E-state index >= 15 is 0 Å². The molecule has 1 aromatic heterocycles. The van der Waals surface area contributed by atoms with E-state index in [1.807, 2.05) is 24.4 Å². The van der Waals surface area contributed by atoms with E-state index < -0.39 is 0 Å². The van der Waals surface area contributed by atoms with E-state index in [4.69, 9.17) is 22.1 Å². The summed E-state index contributed by atoms with van der Waals surface area (Å²) in [6.07, 6.45) is 8.76. The zero-order chi connectivity index (χ0) is 19.6. The van der Waals surface area contributed by atoms with E-state index in [9.17, 15) is 0 Å². The highest BCUT2D eigenvalue weighted by molar-refractivity contribution is 6.37. The van der Waals surface area contributed by atoms with Crippen molar-refractivity contribution < 1.29 is 4.74 Å². The molecule has 0 aliphatic heterocycles. The summed E-state index contributed by atoms with van der Waals surface area (Å²) in [5, 5.41) is 2.68. The lowest BCUT2D eigenvalue weighted by atomic mass is 9.64. The molecule has 1 saturated carbocycles. The van der Waals surface area contributed by atoms with Gasteiger partial charge >= 0.3 is 0 Å². The Morgan fingerprint density at radius 3 is 2.61 bits per heavy atom. The van der Waals surface area contributed by atoms with Crippen molar-refractivity contribution in [1.82, 2.24) is 4.98 Å². The van der Waals surface area contributed by atoms with Crippen LogP contribution in [0.3, 0.4) is 0 Å². The van der Waals surface area contributed by atoms with E-state index in [1.165, 1.54) is 5.56 Å². The van der Waals surface area contributed by atoms with Gasteiger partial charge in [0.2, 0.25) is 0 Å². The van der Waals surface area contributed by atoms with Crippen LogP contribution in [0.15, 0.2) is 60.9 Å². The van der Waals surface area contributed by atoms with Crippen LogP contribution in [0.1, 0.15) is 44.6 Å². The number of ether oxygens (including phenoxy) is 1. The standard InChI is InChI=1S/C24H27ClN2O/c1-2-22(26)24(18-6-4-3-5-7-18)13-10-19(11-14-24)28-21-9-8-17-16-27-15-12-20(17)23(21)25/h3-9,12,15-16,19,22H,2,10-11,13-14,26H2,1H3/t19-,22?,24+. The molecule has 4 heteroatoms. The molecule has 0 radical (unpaired) electrons. The molecular weight excluding hydrogens is 368 g/mol. The molecule has 2 N–H and O–H groups in total. The van der Waals surface area contributed by atoms with Crippen molar-refractivity contribution >= 4 is 22.4 Å². The van der Waals surface area contributed by atoms with E-state index in [1.54, 1.807) is 6.20 Å². The molecule has 1 heterocycles. The van der Waals surface area contributed by atoms with Crippen LogP contribution in [0.4, 0.5) is 0 Å². The monoisotopic (exact) mass is 394 g/mol. The number of pyridine rings is 1. The van der Waals surface area contributed by atoms with Gasteiger partial charge in [0.05, 0.1) is 11.1 Å². The van der Waals surface area contributed by atoms with Crippen LogP contribution in [0, 0.1) is 0 Å². The highest BCUT2D eigenvalue weighted by Crippen LogP contribution is 2.44. The second-order valence-corrected chi connectivity index (χ2v) is 8.21. The lowest BCUT2D eigenvalue weighted by molar-refractivity contribution is 0.104. The van der Waals surface area contributed by atoms with Gasteiger partial charge in [-0.05, 0) is 55.9 Å². The highest BCUT2D eigenvalue weighted by Gasteiger charge is 2.41. The van der Waals surface area contributed by atoms with Crippen molar-refractivity contribution in [3.8, 4) is 5.75 Å². The van der Waals surface area contributed by atoms with Crippen molar-refractivity contribution in [3.05, 3.63) is 71.5 Å². The SMILES string of the molecule is CCC(N)[C@]1(c2ccccc2)CC[C@H](Oc2ccc3cnccc3c2Cl)CC1. The van der Waals surface area contributed by atoms with Crippen LogP contribution in [0.5, 0.6) is 5.75 Å². The fourth-order valence-electron chi connectivity index (χ4n) is 4.64. The lowest BCUT2D eigenvalue weighted by Crippen LogP contribution is -2.48. The summed E-state index contributed by atoms with van der Waals surface area (Å²) in [6, 6.07) is 16.8. The Hall–Kier alpha value is -2.10. The molecule has 146 valence electrons. The average Bonchev–Trinajstić information content (AvgIpc) is 2.76. The number of rotatable bonds is 5. The molecule has 0 saturated heterocycles. The maximum Gasteiger partial charge on any atom is 0.138 e. The largest absolute Gasteiger partial charge is 0.489 e. The molecular formula is C24H27ClN2O. The summed E-state index contributed by atoms with van der Waals surface area (Å²) in [4.78, 5) is 4.16. The number of benzene rings is 2. The van der Waals surface area contributed by atoms with Crippen LogP contribution < -0.4 is 10.5 Å². The molecule has 0 amide bonds. The second kappa shape index (κ2) is 8.10. The Kier molecular flexibility index (Phi) is 5.56. The number of fused-ring (bicyclic) bond motifs is 1. The van der Waals surface area contributed by atoms with Crippen LogP contribution >= 0.6 is 11.6 Å². The summed E-state index contributed by atoms with van der Waals surface area (Å²) in [5.41, 5.74) is 8.03. The third-order valence-electron chi connectivity index (χ3n) is 6.34. The Balaban J connectivity index is 1.53. The molecule has 2 aromatic carbocycles. The molecule has 3 aromatic rings. The molecule has 1 atom stereocenters. The Labute approximate surface area is 171 Å². The number of hydrogen-bond donors (Lipinski definition) is 1. The van der Waals surface area contributed by atoms with E-state index in [-0.39, 0.29) is 17.6 Å². The summed E-state index contributed by atoms with van der Waals surface area (Å²) < 4.78 is 6.34. The Morgan fingerprint density at radius 1 is 1.14 bits per heavy atom. The first-order chi connectivity index (χ1) is 13.6. The number of nitrogens with zero attached hydrogens (tertiary/aromatic N) is 1. The lowest BCUT2D eigenvalue weighted by Gasteiger charge is -2.44. The van der Waals surface area contributed by atoms with Gasteiger partial charge in [0.1, 0.15) is 5.75 Å². The predicted octanol–water partition coefficient (Wildman–Crippen LogP) is 5.88. The number of hydrogen-bond acceptors (Lipinski definition) is 3. The fourth-order valence-corrected chi connectivity index (χ4v) is 4.92. The minimum Gasteiger partial charge on any atom is -0.489 e. The van der Waals surface area contributed by atoms with E-state index in [0.29, 0.717) is 5.02 Å². The average molecular weight is 395 g/mol. The van der Waals surface area contributed by atoms with Gasteiger partial charge in [-0.15, -0.1) is 0 Å². The van der Waals surface area contributed by atoms with Gasteiger partial charge < -0.3 is 10.5 Å². The van der Waals surface area contributed by atoms with Crippen molar-refractivity contribution in [2.24, 2.45) is 5.73 Å². The first-order valence-electron chi connectivity index (χ1n) is 10.1. The highest BCUT2D eigenvalue weighted by atomic mass is 35.5. The summed E-state index contributed by atoms with van der Waals surface area (Å²) in [5.74, 6) is 0.761. The first kappa shape index (κ1) is 19.2. The molecule has 1 unspecified atom stereocenters. The zero-order valence-electron chi connectivity index (χ0n) is 16.3. The van der Waals surface area contributed by atoms with Gasteiger partial charge in [0, 0.05) is 34.6 Å². The van der Waals surface area contributed by atoms with Gasteiger partial charge in [-0.3, -0.25) is 4.98 Å². The minimum atomic E-state index is 0.0364. The molecule has 28 heavy (non-hydrogen) atoms. The zero-order valence-corrected chi connectivity index (χ0v) is 17.0. The predicted molar refractivity (Wildman–Crippen MR) is 116 cm³/mol. The molecule has 4 rings (SSSR count). The third-order valence-corrected chi connectivity index (χ3v) is 6.73. The van der Waals surface area contributed by atoms with Crippen molar-refractivity contribution in [2.75, 3.05) is 0 Å². The van der Waals surface area contributed by atoms with Gasteiger partial charge in [0.15, 0.2) is 0 Å². The Morgan fingerprint density at radius 2 is 1.89 bits per heavy atom. The maximum atomic E-state index is 6.63. The van der Waals surface area contributed by atoms with Crippen molar-refractivity contribution in [3.63, 3.8) is 0 Å². The van der Waals surface area contributed by atoms with Gasteiger partial charge in [-0.1, -0.05) is 48.9 Å². The minimum absolute atomic E-state index is 0.0364. The topological polar surface area (TPSA) is 48.1 Å². The van der Waals surface area contributed by atoms with Crippen molar-refractivity contribution in [2.45, 2.75) is 56.6 Å². The normalized spacial score (nSPS) is 23.5. The van der Waals surface area contributed by atoms with Crippen LogP contribution in [-0.4, -0.2) is 17.1 Å². The smallest absolute Gasteiger partial charge is 0.138 e. The maximum absolute atomic E-state index is 6.63. The summed E-state index contributed by atoms with van der Waals surface area (Å²) >= 11 is 6.61. The quantitative estimate of drug-likeness (QED) is 0.587. The van der Waals surface area contributed by atoms with Gasteiger partial charge in [0.25, 0.3) is 0 Å². The summed E-state index contributed by atoms with van der Waals surface area (Å²) in [7, 11) is 0. The third kappa shape index (κ3) is 3.49. The van der Waals surface area contributed by atoms with Crippen LogP contribution in [0.25, 0.3) is 10.8 Å². The molecule has 0 spiro atoms. The first-order valence-corrected chi connectivity index (χ1v) is 10.5. The van der Waals surface area contributed by atoms with E-state index in [2.05, 4.69) is 42.2 Å². The molecule has 1 aliphatic carbocycles. The van der Waals surface area contributed by atoms with Crippen LogP contribution in [-0.2, 0) is 5.41 Å². The van der Waals surface area contributed by atoms with Gasteiger partial charge in [-0.25, -0.2) is 0 Å². The second-order valence-electron chi connectivity index (χ2n) is 7.83. The number of nitrogens with two attached hydrogens (primary N) is 1. The van der Waals surface area contributed by atoms with Gasteiger partial charge in [-0.2, -0.15) is 0 Å². The molecule has 1 fully saturated rings.